The van der Waals surface area contributed by atoms with Gasteiger partial charge in [0.2, 0.25) is 0 Å². The van der Waals surface area contributed by atoms with Crippen LogP contribution < -0.4 is 4.72 Å². The molecule has 0 aliphatic heterocycles. The van der Waals surface area contributed by atoms with E-state index in [-0.39, 0.29) is 4.90 Å². The molecule has 0 aliphatic carbocycles. The van der Waals surface area contributed by atoms with Crippen LogP contribution in [0, 0.1) is 12.7 Å². The molecule has 2 rings (SSSR count). The lowest BCUT2D eigenvalue weighted by atomic mass is 10.2. The summed E-state index contributed by atoms with van der Waals surface area (Å²) in [6.45, 7) is 1.67. The molecule has 0 fully saturated rings. The monoisotopic (exact) mass is 333 g/mol. The second-order valence-electron chi connectivity index (χ2n) is 4.65. The van der Waals surface area contributed by atoms with Gasteiger partial charge in [-0.1, -0.05) is 12.1 Å². The fourth-order valence-electron chi connectivity index (χ4n) is 1.81. The molecule has 0 radical (unpaired) electrons. The lowest BCUT2D eigenvalue weighted by Gasteiger charge is -2.12. The first kappa shape index (κ1) is 16.3. The third kappa shape index (κ3) is 3.76. The van der Waals surface area contributed by atoms with E-state index in [1.165, 1.54) is 18.2 Å². The summed E-state index contributed by atoms with van der Waals surface area (Å²) < 4.78 is 77.3. The van der Waals surface area contributed by atoms with Gasteiger partial charge in [0, 0.05) is 0 Å². The van der Waals surface area contributed by atoms with E-state index in [0.29, 0.717) is 23.8 Å². The number of halogens is 4. The minimum atomic E-state index is -4.77. The first-order valence-electron chi connectivity index (χ1n) is 6.05. The van der Waals surface area contributed by atoms with Crippen LogP contribution in [0.3, 0.4) is 0 Å². The van der Waals surface area contributed by atoms with E-state index in [2.05, 4.69) is 0 Å². The van der Waals surface area contributed by atoms with E-state index in [9.17, 15) is 26.0 Å². The standard InChI is InChI=1S/C14H11F4NO2S/c1-9-3-2-4-13(5-9)22(20,21)19-12-7-10(14(16,17)18)6-11(15)8-12/h2-8,19H,1H3. The van der Waals surface area contributed by atoms with Gasteiger partial charge in [0.25, 0.3) is 10.0 Å². The number of nitrogens with one attached hydrogen (secondary N) is 1. The highest BCUT2D eigenvalue weighted by Gasteiger charge is 2.31. The van der Waals surface area contributed by atoms with E-state index in [1.54, 1.807) is 13.0 Å². The number of benzene rings is 2. The molecule has 2 aromatic carbocycles. The third-order valence-electron chi connectivity index (χ3n) is 2.78. The van der Waals surface area contributed by atoms with Crippen molar-refractivity contribution in [3.05, 3.63) is 59.4 Å². The third-order valence-corrected chi connectivity index (χ3v) is 4.16. The summed E-state index contributed by atoms with van der Waals surface area (Å²) in [7, 11) is -4.10. The second-order valence-corrected chi connectivity index (χ2v) is 6.33. The summed E-state index contributed by atoms with van der Waals surface area (Å²) in [6, 6.07) is 7.33. The smallest absolute Gasteiger partial charge is 0.280 e. The summed E-state index contributed by atoms with van der Waals surface area (Å²) in [5.41, 5.74) is -1.10. The van der Waals surface area contributed by atoms with Crippen molar-refractivity contribution in [2.45, 2.75) is 18.0 Å². The number of rotatable bonds is 3. The van der Waals surface area contributed by atoms with Gasteiger partial charge in [-0.05, 0) is 42.8 Å². The van der Waals surface area contributed by atoms with Crippen molar-refractivity contribution in [2.24, 2.45) is 0 Å². The zero-order valence-electron chi connectivity index (χ0n) is 11.3. The average molecular weight is 333 g/mol. The van der Waals surface area contributed by atoms with Crippen molar-refractivity contribution in [1.29, 1.82) is 0 Å². The van der Waals surface area contributed by atoms with Crippen LogP contribution in [0.5, 0.6) is 0 Å². The minimum Gasteiger partial charge on any atom is -0.280 e. The molecule has 118 valence electrons. The number of hydrogen-bond donors (Lipinski definition) is 1. The molecule has 0 saturated carbocycles. The highest BCUT2D eigenvalue weighted by molar-refractivity contribution is 7.92. The van der Waals surface area contributed by atoms with Crippen molar-refractivity contribution in [3.8, 4) is 0 Å². The van der Waals surface area contributed by atoms with Gasteiger partial charge in [-0.3, -0.25) is 4.72 Å². The second kappa shape index (κ2) is 5.60. The van der Waals surface area contributed by atoms with Crippen LogP contribution in [0.1, 0.15) is 11.1 Å². The quantitative estimate of drug-likeness (QED) is 0.865. The van der Waals surface area contributed by atoms with Crippen LogP contribution in [0.25, 0.3) is 0 Å². The Kier molecular flexibility index (Phi) is 4.15. The molecule has 0 atom stereocenters. The zero-order chi connectivity index (χ0) is 16.5. The van der Waals surface area contributed by atoms with Gasteiger partial charge in [0.15, 0.2) is 0 Å². The SMILES string of the molecule is Cc1cccc(S(=O)(=O)Nc2cc(F)cc(C(F)(F)F)c2)c1. The van der Waals surface area contributed by atoms with Crippen molar-refractivity contribution >= 4 is 15.7 Å². The van der Waals surface area contributed by atoms with Gasteiger partial charge in [0.05, 0.1) is 16.1 Å². The lowest BCUT2D eigenvalue weighted by Crippen LogP contribution is -2.14. The van der Waals surface area contributed by atoms with Crippen LogP contribution >= 0.6 is 0 Å². The fraction of sp³-hybridized carbons (Fsp3) is 0.143. The molecule has 0 saturated heterocycles. The maximum atomic E-state index is 13.3. The first-order valence-corrected chi connectivity index (χ1v) is 7.53. The van der Waals surface area contributed by atoms with Crippen molar-refractivity contribution in [3.63, 3.8) is 0 Å². The minimum absolute atomic E-state index is 0.120. The van der Waals surface area contributed by atoms with Crippen LogP contribution in [-0.4, -0.2) is 8.42 Å². The molecule has 8 heteroatoms. The van der Waals surface area contributed by atoms with Crippen molar-refractivity contribution < 1.29 is 26.0 Å². The summed E-state index contributed by atoms with van der Waals surface area (Å²) in [5, 5.41) is 0. The Hall–Kier alpha value is -2.09. The van der Waals surface area contributed by atoms with Crippen molar-refractivity contribution in [2.75, 3.05) is 4.72 Å². The number of aryl methyl sites for hydroxylation is 1. The summed E-state index contributed by atoms with van der Waals surface area (Å²) in [5.74, 6) is -1.18. The van der Waals surface area contributed by atoms with Crippen LogP contribution in [0.15, 0.2) is 47.4 Å². The molecule has 2 aromatic rings. The zero-order valence-corrected chi connectivity index (χ0v) is 12.1. The predicted molar refractivity (Wildman–Crippen MR) is 73.4 cm³/mol. The Morgan fingerprint density at radius 2 is 1.73 bits per heavy atom. The lowest BCUT2D eigenvalue weighted by molar-refractivity contribution is -0.137. The van der Waals surface area contributed by atoms with E-state index in [4.69, 9.17) is 0 Å². The molecule has 0 aromatic heterocycles. The molecule has 1 N–H and O–H groups in total. The predicted octanol–water partition coefficient (Wildman–Crippen LogP) is 3.95. The molecule has 0 amide bonds. The fourth-order valence-corrected chi connectivity index (χ4v) is 2.95. The van der Waals surface area contributed by atoms with Gasteiger partial charge in [0.1, 0.15) is 5.82 Å². The number of anilines is 1. The maximum absolute atomic E-state index is 13.3. The average Bonchev–Trinajstić information content (AvgIpc) is 2.36. The van der Waals surface area contributed by atoms with Crippen LogP contribution in [0.4, 0.5) is 23.2 Å². The Balaban J connectivity index is 2.40. The summed E-state index contributed by atoms with van der Waals surface area (Å²) >= 11 is 0. The molecule has 0 unspecified atom stereocenters. The Bertz CT molecular complexity index is 801. The highest BCUT2D eigenvalue weighted by atomic mass is 32.2. The molecule has 0 aliphatic rings. The molecular formula is C14H11F4NO2S. The highest BCUT2D eigenvalue weighted by Crippen LogP contribution is 2.32. The summed E-state index contributed by atoms with van der Waals surface area (Å²) in [6.07, 6.45) is -4.77. The number of alkyl halides is 3. The molecule has 0 spiro atoms. The Labute approximate surface area is 124 Å². The van der Waals surface area contributed by atoms with Gasteiger partial charge >= 0.3 is 6.18 Å². The van der Waals surface area contributed by atoms with E-state index >= 15 is 0 Å². The molecular weight excluding hydrogens is 322 g/mol. The van der Waals surface area contributed by atoms with E-state index < -0.39 is 33.3 Å². The Morgan fingerprint density at radius 3 is 2.32 bits per heavy atom. The summed E-state index contributed by atoms with van der Waals surface area (Å²) in [4.78, 5) is -0.120. The van der Waals surface area contributed by atoms with Gasteiger partial charge in [-0.2, -0.15) is 13.2 Å². The molecule has 0 bridgehead atoms. The Morgan fingerprint density at radius 1 is 1.05 bits per heavy atom. The first-order chi connectivity index (χ1) is 10.1. The molecule has 22 heavy (non-hydrogen) atoms. The van der Waals surface area contributed by atoms with Crippen LogP contribution in [-0.2, 0) is 16.2 Å². The van der Waals surface area contributed by atoms with Crippen LogP contribution in [0.2, 0.25) is 0 Å². The van der Waals surface area contributed by atoms with E-state index in [1.807, 2.05) is 4.72 Å². The largest absolute Gasteiger partial charge is 0.416 e. The van der Waals surface area contributed by atoms with Gasteiger partial charge in [-0.25, -0.2) is 12.8 Å². The maximum Gasteiger partial charge on any atom is 0.416 e. The normalized spacial score (nSPS) is 12.2. The molecule has 0 heterocycles. The van der Waals surface area contributed by atoms with E-state index in [0.717, 1.165) is 0 Å². The van der Waals surface area contributed by atoms with Gasteiger partial charge in [-0.15, -0.1) is 0 Å². The number of hydrogen-bond acceptors (Lipinski definition) is 2. The van der Waals surface area contributed by atoms with Crippen molar-refractivity contribution in [1.82, 2.24) is 0 Å². The van der Waals surface area contributed by atoms with Gasteiger partial charge < -0.3 is 0 Å². The topological polar surface area (TPSA) is 46.2 Å². The number of sulfonamides is 1. The molecule has 3 nitrogen and oxygen atoms in total.